The number of Topliss-reactive ketones (excluding diaryl/α,β-unsaturated/α-hetero) is 2. The lowest BCUT2D eigenvalue weighted by atomic mass is 10.0. The fraction of sp³-hybridized carbons (Fsp3) is 0.211. The van der Waals surface area contributed by atoms with Gasteiger partial charge in [0.2, 0.25) is 0 Å². The maximum Gasteiger partial charge on any atom is 0.264 e. The van der Waals surface area contributed by atoms with Crippen molar-refractivity contribution in [2.75, 3.05) is 21.3 Å². The van der Waals surface area contributed by atoms with Crippen LogP contribution in [0.2, 0.25) is 0 Å². The molecule has 0 fully saturated rings. The van der Waals surface area contributed by atoms with Crippen LogP contribution in [0.15, 0.2) is 60.7 Å². The Bertz CT molecular complexity index is 765. The molecule has 0 spiro atoms. The van der Waals surface area contributed by atoms with Gasteiger partial charge in [0.25, 0.3) is 7.57 Å². The molecule has 2 aromatic rings. The summed E-state index contributed by atoms with van der Waals surface area (Å²) in [5.41, 5.74) is 0.969. The summed E-state index contributed by atoms with van der Waals surface area (Å²) in [4.78, 5) is 25.7. The quantitative estimate of drug-likeness (QED) is 0.526. The predicted molar refractivity (Wildman–Crippen MR) is 99.1 cm³/mol. The van der Waals surface area contributed by atoms with Crippen LogP contribution in [0.25, 0.3) is 0 Å². The van der Waals surface area contributed by atoms with E-state index in [0.29, 0.717) is 11.1 Å². The third-order valence-electron chi connectivity index (χ3n) is 3.77. The molecular formula is C19H21O5P. The van der Waals surface area contributed by atoms with E-state index in [1.807, 2.05) is 12.1 Å². The molecule has 2 rings (SSSR count). The van der Waals surface area contributed by atoms with E-state index < -0.39 is 7.57 Å². The molecule has 0 aromatic heterocycles. The summed E-state index contributed by atoms with van der Waals surface area (Å²) >= 11 is 0. The summed E-state index contributed by atoms with van der Waals surface area (Å²) in [7, 11) is 1.13. The Morgan fingerprint density at radius 1 is 0.760 bits per heavy atom. The number of ketones is 2. The van der Waals surface area contributed by atoms with Gasteiger partial charge in [-0.3, -0.25) is 9.59 Å². The minimum atomic E-state index is -3.10. The van der Waals surface area contributed by atoms with E-state index in [2.05, 4.69) is 0 Å². The first-order valence-electron chi connectivity index (χ1n) is 7.68. The molecule has 132 valence electrons. The lowest BCUT2D eigenvalue weighted by Crippen LogP contribution is -2.22. The van der Waals surface area contributed by atoms with Crippen molar-refractivity contribution in [1.29, 1.82) is 0 Å². The molecule has 0 radical (unpaired) electrons. The second-order valence-corrected chi connectivity index (χ2v) is 7.78. The van der Waals surface area contributed by atoms with Crippen LogP contribution in [-0.4, -0.2) is 38.2 Å². The van der Waals surface area contributed by atoms with Crippen LogP contribution >= 0.6 is 7.57 Å². The highest BCUT2D eigenvalue weighted by Gasteiger charge is 2.31. The van der Waals surface area contributed by atoms with E-state index in [4.69, 9.17) is 13.6 Å². The summed E-state index contributed by atoms with van der Waals surface area (Å²) in [5.74, 6) is -0.515. The van der Waals surface area contributed by atoms with Gasteiger partial charge in [-0.1, -0.05) is 60.7 Å². The number of hydrogen-bond acceptors (Lipinski definition) is 5. The van der Waals surface area contributed by atoms with E-state index in [9.17, 15) is 9.59 Å². The van der Waals surface area contributed by atoms with E-state index >= 15 is 0 Å². The molecule has 2 aromatic carbocycles. The minimum absolute atomic E-state index is 0.138. The third-order valence-corrected chi connectivity index (χ3v) is 6.24. The highest BCUT2D eigenvalue weighted by atomic mass is 31.2. The summed E-state index contributed by atoms with van der Waals surface area (Å²) < 4.78 is 16.3. The normalized spacial score (nSPS) is 11.2. The monoisotopic (exact) mass is 360 g/mol. The van der Waals surface area contributed by atoms with Gasteiger partial charge in [-0.25, -0.2) is 0 Å². The van der Waals surface area contributed by atoms with Crippen LogP contribution in [0.4, 0.5) is 0 Å². The Labute approximate surface area is 147 Å². The summed E-state index contributed by atoms with van der Waals surface area (Å²) in [6, 6.07) is 17.5. The molecule has 0 N–H and O–H groups in total. The Balaban J connectivity index is 2.52. The van der Waals surface area contributed by atoms with Crippen LogP contribution < -0.4 is 0 Å². The summed E-state index contributed by atoms with van der Waals surface area (Å²) in [5, 5.41) is 0.194. The lowest BCUT2D eigenvalue weighted by Gasteiger charge is -2.24. The average molecular weight is 360 g/mol. The van der Waals surface area contributed by atoms with Gasteiger partial charge >= 0.3 is 0 Å². The average Bonchev–Trinajstić information content (AvgIpc) is 2.69. The molecule has 0 saturated carbocycles. The lowest BCUT2D eigenvalue weighted by molar-refractivity contribution is 0.0985. The Morgan fingerprint density at radius 3 is 1.64 bits per heavy atom. The second kappa shape index (κ2) is 8.88. The molecular weight excluding hydrogens is 339 g/mol. The van der Waals surface area contributed by atoms with Crippen molar-refractivity contribution in [3.63, 3.8) is 0 Å². The van der Waals surface area contributed by atoms with Crippen molar-refractivity contribution in [3.8, 4) is 0 Å². The molecule has 6 heteroatoms. The third kappa shape index (κ3) is 4.33. The van der Waals surface area contributed by atoms with Crippen molar-refractivity contribution < 1.29 is 23.2 Å². The smallest absolute Gasteiger partial charge is 0.264 e. The van der Waals surface area contributed by atoms with Gasteiger partial charge in [-0.2, -0.15) is 0 Å². The molecule has 0 aliphatic heterocycles. The fourth-order valence-corrected chi connectivity index (χ4v) is 4.31. The standard InChI is InChI=1S/C19H21O5P/c1-22-25(23-2,24-3)18(19(21)16-12-8-5-9-13-16)14-17(20)15-10-6-4-7-11-15/h4-13H,14H2,1-3H3. The van der Waals surface area contributed by atoms with Gasteiger partial charge in [0.05, 0.1) is 5.29 Å². The van der Waals surface area contributed by atoms with Crippen molar-refractivity contribution >= 4 is 24.4 Å². The van der Waals surface area contributed by atoms with Crippen molar-refractivity contribution in [1.82, 2.24) is 0 Å². The number of hydrogen-bond donors (Lipinski definition) is 0. The van der Waals surface area contributed by atoms with Crippen molar-refractivity contribution in [3.05, 3.63) is 71.8 Å². The molecule has 0 aliphatic rings. The number of carbonyl (C=O) groups is 2. The first-order valence-corrected chi connectivity index (χ1v) is 9.23. The van der Waals surface area contributed by atoms with Crippen molar-refractivity contribution in [2.24, 2.45) is 0 Å². The second-order valence-electron chi connectivity index (χ2n) is 5.15. The zero-order chi connectivity index (χ0) is 18.3. The van der Waals surface area contributed by atoms with Crippen LogP contribution in [0, 0.1) is 0 Å². The van der Waals surface area contributed by atoms with Crippen molar-refractivity contribution in [2.45, 2.75) is 6.42 Å². The van der Waals surface area contributed by atoms with E-state index in [1.54, 1.807) is 48.5 Å². The molecule has 0 unspecified atom stereocenters. The van der Waals surface area contributed by atoms with Crippen LogP contribution in [0.3, 0.4) is 0 Å². The SMILES string of the molecule is COP(OC)(OC)=C(CC(=O)c1ccccc1)C(=O)c1ccccc1. The Hall–Kier alpha value is -2.04. The summed E-state index contributed by atoms with van der Waals surface area (Å²) in [6.07, 6.45) is -0.138. The maximum absolute atomic E-state index is 13.0. The zero-order valence-electron chi connectivity index (χ0n) is 14.5. The van der Waals surface area contributed by atoms with Gasteiger partial charge in [-0.05, 0) is 0 Å². The van der Waals surface area contributed by atoms with Crippen LogP contribution in [0.5, 0.6) is 0 Å². The first-order chi connectivity index (χ1) is 12.1. The first kappa shape index (κ1) is 19.3. The summed E-state index contributed by atoms with van der Waals surface area (Å²) in [6.45, 7) is 0. The van der Waals surface area contributed by atoms with Gasteiger partial charge in [0.15, 0.2) is 11.6 Å². The Kier molecular flexibility index (Phi) is 6.85. The fourth-order valence-electron chi connectivity index (χ4n) is 2.49. The van der Waals surface area contributed by atoms with E-state index in [1.165, 1.54) is 21.3 Å². The van der Waals surface area contributed by atoms with Gasteiger partial charge < -0.3 is 13.6 Å². The molecule has 0 atom stereocenters. The molecule has 0 heterocycles. The Morgan fingerprint density at radius 2 is 1.20 bits per heavy atom. The van der Waals surface area contributed by atoms with Crippen LogP contribution in [-0.2, 0) is 13.6 Å². The molecule has 0 aliphatic carbocycles. The zero-order valence-corrected chi connectivity index (χ0v) is 15.4. The maximum atomic E-state index is 13.0. The van der Waals surface area contributed by atoms with Gasteiger partial charge in [0.1, 0.15) is 0 Å². The number of carbonyl (C=O) groups excluding carboxylic acids is 2. The highest BCUT2D eigenvalue weighted by Crippen LogP contribution is 2.51. The van der Waals surface area contributed by atoms with E-state index in [0.717, 1.165) is 0 Å². The largest absolute Gasteiger partial charge is 0.320 e. The molecule has 0 bridgehead atoms. The highest BCUT2D eigenvalue weighted by molar-refractivity contribution is 7.65. The number of benzene rings is 2. The topological polar surface area (TPSA) is 61.8 Å². The minimum Gasteiger partial charge on any atom is -0.320 e. The van der Waals surface area contributed by atoms with E-state index in [-0.39, 0.29) is 23.3 Å². The van der Waals surface area contributed by atoms with Gasteiger partial charge in [0, 0.05) is 38.9 Å². The molecule has 5 nitrogen and oxygen atoms in total. The molecule has 0 amide bonds. The van der Waals surface area contributed by atoms with Crippen LogP contribution in [0.1, 0.15) is 27.1 Å². The molecule has 25 heavy (non-hydrogen) atoms. The van der Waals surface area contributed by atoms with Gasteiger partial charge in [-0.15, -0.1) is 0 Å². The molecule has 0 saturated heterocycles. The predicted octanol–water partition coefficient (Wildman–Crippen LogP) is 4.02. The number of rotatable bonds is 8.